The minimum atomic E-state index is -0.926. The number of benzene rings is 1. The largest absolute Gasteiger partial charge is 0.292 e. The fourth-order valence-electron chi connectivity index (χ4n) is 2.11. The van der Waals surface area contributed by atoms with Gasteiger partial charge in [0, 0.05) is 29.2 Å². The molecule has 3 aromatic rings. The van der Waals surface area contributed by atoms with Gasteiger partial charge in [-0.15, -0.1) is 11.3 Å². The van der Waals surface area contributed by atoms with Gasteiger partial charge < -0.3 is 0 Å². The predicted molar refractivity (Wildman–Crippen MR) is 88.5 cm³/mol. The highest BCUT2D eigenvalue weighted by Gasteiger charge is 2.26. The first kappa shape index (κ1) is 15.4. The van der Waals surface area contributed by atoms with Gasteiger partial charge in [0.25, 0.3) is 0 Å². The fraction of sp³-hybridized carbons (Fsp3) is 0.125. The molecule has 7 heteroatoms. The van der Waals surface area contributed by atoms with E-state index in [1.807, 2.05) is 23.6 Å². The Balaban J connectivity index is 1.90. The summed E-state index contributed by atoms with van der Waals surface area (Å²) >= 11 is 7.17. The molecule has 0 saturated carbocycles. The third kappa shape index (κ3) is 3.16. The summed E-state index contributed by atoms with van der Waals surface area (Å²) in [6.07, 6.45) is 3.06. The van der Waals surface area contributed by atoms with Crippen LogP contribution >= 0.6 is 22.9 Å². The standard InChI is InChI=1S/C16H11ClN4OS/c1-21-8-11(7-19-21)15(22)13(6-18)16-20-14(9-23-16)10-2-4-12(17)5-3-10/h2-5,7-9,13H,1H3. The van der Waals surface area contributed by atoms with E-state index >= 15 is 0 Å². The number of thiazole rings is 1. The van der Waals surface area contributed by atoms with Crippen molar-refractivity contribution in [2.75, 3.05) is 0 Å². The molecule has 23 heavy (non-hydrogen) atoms. The molecule has 0 N–H and O–H groups in total. The Morgan fingerprint density at radius 1 is 1.39 bits per heavy atom. The topological polar surface area (TPSA) is 71.6 Å². The molecule has 2 heterocycles. The minimum Gasteiger partial charge on any atom is -0.292 e. The van der Waals surface area contributed by atoms with E-state index in [-0.39, 0.29) is 5.78 Å². The van der Waals surface area contributed by atoms with Crippen molar-refractivity contribution < 1.29 is 4.79 Å². The second kappa shape index (κ2) is 6.32. The molecular formula is C16H11ClN4OS. The Morgan fingerprint density at radius 2 is 2.13 bits per heavy atom. The number of ketones is 1. The number of halogens is 1. The predicted octanol–water partition coefficient (Wildman–Crippen LogP) is 3.69. The van der Waals surface area contributed by atoms with E-state index in [0.717, 1.165) is 11.3 Å². The average Bonchev–Trinajstić information content (AvgIpc) is 3.18. The summed E-state index contributed by atoms with van der Waals surface area (Å²) in [7, 11) is 1.72. The lowest BCUT2D eigenvalue weighted by Crippen LogP contribution is -2.10. The van der Waals surface area contributed by atoms with Crippen LogP contribution in [0.1, 0.15) is 21.3 Å². The SMILES string of the molecule is Cn1cc(C(=O)C(C#N)c2nc(-c3ccc(Cl)cc3)cs2)cn1. The van der Waals surface area contributed by atoms with Crippen LogP contribution in [-0.4, -0.2) is 20.5 Å². The highest BCUT2D eigenvalue weighted by Crippen LogP contribution is 2.29. The Hall–Kier alpha value is -2.49. The number of carbonyl (C=O) groups excluding carboxylic acids is 1. The fourth-order valence-corrected chi connectivity index (χ4v) is 3.11. The Labute approximate surface area is 141 Å². The molecule has 114 valence electrons. The maximum absolute atomic E-state index is 12.5. The highest BCUT2D eigenvalue weighted by molar-refractivity contribution is 7.10. The molecule has 0 amide bonds. The summed E-state index contributed by atoms with van der Waals surface area (Å²) in [6.45, 7) is 0. The van der Waals surface area contributed by atoms with Gasteiger partial charge in [0.2, 0.25) is 0 Å². The van der Waals surface area contributed by atoms with Gasteiger partial charge in [-0.3, -0.25) is 9.48 Å². The molecule has 0 aliphatic rings. The van der Waals surface area contributed by atoms with Gasteiger partial charge in [0.05, 0.1) is 23.5 Å². The highest BCUT2D eigenvalue weighted by atomic mass is 35.5. The second-order valence-electron chi connectivity index (χ2n) is 4.91. The average molecular weight is 343 g/mol. The van der Waals surface area contributed by atoms with Crippen LogP contribution in [-0.2, 0) is 7.05 Å². The molecule has 0 aliphatic carbocycles. The Morgan fingerprint density at radius 3 is 2.74 bits per heavy atom. The summed E-state index contributed by atoms with van der Waals surface area (Å²) in [6, 6.07) is 9.30. The normalized spacial score (nSPS) is 11.9. The Kier molecular flexibility index (Phi) is 4.24. The van der Waals surface area contributed by atoms with Gasteiger partial charge in [-0.1, -0.05) is 23.7 Å². The zero-order valence-corrected chi connectivity index (χ0v) is 13.7. The van der Waals surface area contributed by atoms with E-state index in [0.29, 0.717) is 15.6 Å². The maximum atomic E-state index is 12.5. The number of Topliss-reactive ketones (excluding diaryl/α,β-unsaturated/α-hetero) is 1. The van der Waals surface area contributed by atoms with E-state index < -0.39 is 5.92 Å². The van der Waals surface area contributed by atoms with Gasteiger partial charge in [0.1, 0.15) is 5.01 Å². The summed E-state index contributed by atoms with van der Waals surface area (Å²) < 4.78 is 1.53. The molecule has 5 nitrogen and oxygen atoms in total. The zero-order valence-electron chi connectivity index (χ0n) is 12.1. The first-order valence-electron chi connectivity index (χ1n) is 6.72. The molecule has 2 aromatic heterocycles. The summed E-state index contributed by atoms with van der Waals surface area (Å²) in [5.41, 5.74) is 2.02. The van der Waals surface area contributed by atoms with Crippen LogP contribution in [0, 0.1) is 11.3 Å². The van der Waals surface area contributed by atoms with Crippen molar-refractivity contribution in [2.24, 2.45) is 7.05 Å². The van der Waals surface area contributed by atoms with Crippen molar-refractivity contribution in [1.29, 1.82) is 5.26 Å². The van der Waals surface area contributed by atoms with Gasteiger partial charge in [-0.25, -0.2) is 4.98 Å². The van der Waals surface area contributed by atoms with Gasteiger partial charge in [0.15, 0.2) is 11.7 Å². The van der Waals surface area contributed by atoms with Gasteiger partial charge >= 0.3 is 0 Å². The van der Waals surface area contributed by atoms with Crippen LogP contribution in [0.5, 0.6) is 0 Å². The maximum Gasteiger partial charge on any atom is 0.190 e. The first-order chi connectivity index (χ1) is 11.1. The molecule has 0 fully saturated rings. The molecule has 0 bridgehead atoms. The molecule has 0 aliphatic heterocycles. The zero-order chi connectivity index (χ0) is 16.4. The van der Waals surface area contributed by atoms with Crippen molar-refractivity contribution in [3.05, 3.63) is 57.6 Å². The molecular weight excluding hydrogens is 332 g/mol. The van der Waals surface area contributed by atoms with E-state index in [4.69, 9.17) is 11.6 Å². The Bertz CT molecular complexity index is 891. The number of hydrogen-bond donors (Lipinski definition) is 0. The van der Waals surface area contributed by atoms with Crippen molar-refractivity contribution in [1.82, 2.24) is 14.8 Å². The number of aromatic nitrogens is 3. The van der Waals surface area contributed by atoms with E-state index in [1.165, 1.54) is 22.2 Å². The molecule has 0 spiro atoms. The number of aryl methyl sites for hydroxylation is 1. The number of nitrogens with zero attached hydrogens (tertiary/aromatic N) is 4. The van der Waals surface area contributed by atoms with Crippen LogP contribution in [0.3, 0.4) is 0 Å². The molecule has 1 unspecified atom stereocenters. The van der Waals surface area contributed by atoms with E-state index in [1.54, 1.807) is 25.4 Å². The third-order valence-electron chi connectivity index (χ3n) is 3.29. The number of carbonyl (C=O) groups is 1. The quantitative estimate of drug-likeness (QED) is 0.678. The monoisotopic (exact) mass is 342 g/mol. The van der Waals surface area contributed by atoms with Crippen LogP contribution in [0.4, 0.5) is 0 Å². The molecule has 1 atom stereocenters. The molecule has 3 rings (SSSR count). The summed E-state index contributed by atoms with van der Waals surface area (Å²) in [5.74, 6) is -1.22. The molecule has 1 aromatic carbocycles. The van der Waals surface area contributed by atoms with Gasteiger partial charge in [-0.2, -0.15) is 10.4 Å². The summed E-state index contributed by atoms with van der Waals surface area (Å²) in [4.78, 5) is 16.9. The minimum absolute atomic E-state index is 0.294. The molecule has 0 saturated heterocycles. The molecule has 0 radical (unpaired) electrons. The van der Waals surface area contributed by atoms with Crippen molar-refractivity contribution in [2.45, 2.75) is 5.92 Å². The summed E-state index contributed by atoms with van der Waals surface area (Å²) in [5, 5.41) is 16.3. The number of nitriles is 1. The van der Waals surface area contributed by atoms with Gasteiger partial charge in [-0.05, 0) is 12.1 Å². The second-order valence-corrected chi connectivity index (χ2v) is 6.23. The van der Waals surface area contributed by atoms with Crippen LogP contribution in [0.2, 0.25) is 5.02 Å². The lowest BCUT2D eigenvalue weighted by molar-refractivity contribution is 0.0978. The third-order valence-corrected chi connectivity index (χ3v) is 4.45. The van der Waals surface area contributed by atoms with E-state index in [2.05, 4.69) is 10.1 Å². The number of hydrogen-bond acceptors (Lipinski definition) is 5. The lowest BCUT2D eigenvalue weighted by atomic mass is 10.0. The number of rotatable bonds is 4. The van der Waals surface area contributed by atoms with Crippen molar-refractivity contribution >= 4 is 28.7 Å². The van der Waals surface area contributed by atoms with E-state index in [9.17, 15) is 10.1 Å². The van der Waals surface area contributed by atoms with Crippen LogP contribution in [0.15, 0.2) is 42.0 Å². The van der Waals surface area contributed by atoms with Crippen molar-refractivity contribution in [3.63, 3.8) is 0 Å². The van der Waals surface area contributed by atoms with Crippen LogP contribution < -0.4 is 0 Å². The van der Waals surface area contributed by atoms with Crippen LogP contribution in [0.25, 0.3) is 11.3 Å². The van der Waals surface area contributed by atoms with Crippen molar-refractivity contribution in [3.8, 4) is 17.3 Å². The smallest absolute Gasteiger partial charge is 0.190 e. The lowest BCUT2D eigenvalue weighted by Gasteiger charge is -2.02. The first-order valence-corrected chi connectivity index (χ1v) is 7.98.